The lowest BCUT2D eigenvalue weighted by molar-refractivity contribution is -0.138. The van der Waals surface area contributed by atoms with E-state index in [2.05, 4.69) is 13.8 Å². The molecule has 0 aliphatic heterocycles. The van der Waals surface area contributed by atoms with Crippen molar-refractivity contribution in [2.24, 2.45) is 5.92 Å². The number of carboxylic acid groups (broad SMARTS) is 1. The van der Waals surface area contributed by atoms with Crippen molar-refractivity contribution in [2.45, 2.75) is 65.2 Å². The van der Waals surface area contributed by atoms with Gasteiger partial charge in [-0.15, -0.1) is 0 Å². The number of aliphatic carboxylic acids is 1. The van der Waals surface area contributed by atoms with Gasteiger partial charge < -0.3 is 5.11 Å². The van der Waals surface area contributed by atoms with Crippen LogP contribution in [0.1, 0.15) is 65.2 Å². The number of rotatable bonds is 9. The van der Waals surface area contributed by atoms with Crippen molar-refractivity contribution in [1.29, 1.82) is 0 Å². The van der Waals surface area contributed by atoms with E-state index < -0.39 is 5.97 Å². The highest BCUT2D eigenvalue weighted by Gasteiger charge is 2.10. The fraction of sp³-hybridized carbons (Fsp3) is 0.917. The van der Waals surface area contributed by atoms with Crippen LogP contribution in [0.4, 0.5) is 0 Å². The minimum Gasteiger partial charge on any atom is -0.481 e. The second kappa shape index (κ2) is 9.04. The molecule has 0 radical (unpaired) electrons. The van der Waals surface area contributed by atoms with Gasteiger partial charge in [-0.1, -0.05) is 52.4 Å². The Balaban J connectivity index is 3.38. The maximum Gasteiger partial charge on any atom is 0.303 e. The molecule has 0 rings (SSSR count). The maximum absolute atomic E-state index is 10.5. The van der Waals surface area contributed by atoms with Gasteiger partial charge in [0.2, 0.25) is 0 Å². The summed E-state index contributed by atoms with van der Waals surface area (Å²) < 4.78 is 0. The zero-order chi connectivity index (χ0) is 10.8. The van der Waals surface area contributed by atoms with Gasteiger partial charge in [-0.25, -0.2) is 0 Å². The topological polar surface area (TPSA) is 37.3 Å². The normalized spacial score (nSPS) is 12.7. The molecule has 1 unspecified atom stereocenters. The molecule has 0 spiro atoms. The zero-order valence-corrected chi connectivity index (χ0v) is 9.59. The third-order valence-electron chi connectivity index (χ3n) is 2.76. The molecule has 0 aliphatic rings. The first-order valence-corrected chi connectivity index (χ1v) is 5.92. The molecule has 14 heavy (non-hydrogen) atoms. The van der Waals surface area contributed by atoms with E-state index in [1.807, 2.05) is 0 Å². The molecule has 0 bridgehead atoms. The van der Waals surface area contributed by atoms with Gasteiger partial charge in [0.25, 0.3) is 0 Å². The lowest BCUT2D eigenvalue weighted by atomic mass is 9.95. The van der Waals surface area contributed by atoms with Gasteiger partial charge >= 0.3 is 5.97 Å². The summed E-state index contributed by atoms with van der Waals surface area (Å²) in [5, 5.41) is 8.66. The van der Waals surface area contributed by atoms with Crippen molar-refractivity contribution in [1.82, 2.24) is 0 Å². The number of unbranched alkanes of at least 4 members (excludes halogenated alkanes) is 4. The van der Waals surface area contributed by atoms with Crippen molar-refractivity contribution >= 4 is 5.97 Å². The van der Waals surface area contributed by atoms with Crippen molar-refractivity contribution in [3.63, 3.8) is 0 Å². The highest BCUT2D eigenvalue weighted by Crippen LogP contribution is 2.17. The molecule has 84 valence electrons. The average Bonchev–Trinajstić information content (AvgIpc) is 2.15. The predicted molar refractivity (Wildman–Crippen MR) is 59.4 cm³/mol. The van der Waals surface area contributed by atoms with Gasteiger partial charge in [0, 0.05) is 6.42 Å². The molecular weight excluding hydrogens is 176 g/mol. The fourth-order valence-corrected chi connectivity index (χ4v) is 1.73. The van der Waals surface area contributed by atoms with Crippen LogP contribution in [0.3, 0.4) is 0 Å². The second-order valence-corrected chi connectivity index (χ2v) is 4.08. The quantitative estimate of drug-likeness (QED) is 0.574. The molecule has 0 aliphatic carbocycles. The first kappa shape index (κ1) is 13.5. The Morgan fingerprint density at radius 2 is 1.79 bits per heavy atom. The second-order valence-electron chi connectivity index (χ2n) is 4.08. The van der Waals surface area contributed by atoms with Gasteiger partial charge in [0.05, 0.1) is 0 Å². The van der Waals surface area contributed by atoms with Crippen LogP contribution in [-0.4, -0.2) is 11.1 Å². The van der Waals surface area contributed by atoms with E-state index in [1.54, 1.807) is 0 Å². The Hall–Kier alpha value is -0.530. The number of carbonyl (C=O) groups is 1. The monoisotopic (exact) mass is 200 g/mol. The first-order chi connectivity index (χ1) is 6.70. The molecule has 0 heterocycles. The van der Waals surface area contributed by atoms with E-state index in [0.29, 0.717) is 12.3 Å². The predicted octanol–water partition coefficient (Wildman–Crippen LogP) is 3.85. The summed E-state index contributed by atoms with van der Waals surface area (Å²) in [5.74, 6) is -0.250. The van der Waals surface area contributed by atoms with Crippen LogP contribution in [0.5, 0.6) is 0 Å². The Kier molecular flexibility index (Phi) is 8.70. The lowest BCUT2D eigenvalue weighted by Gasteiger charge is -2.11. The first-order valence-electron chi connectivity index (χ1n) is 5.92. The Labute approximate surface area is 87.7 Å². The number of carboxylic acids is 1. The summed E-state index contributed by atoms with van der Waals surface area (Å²) >= 11 is 0. The molecule has 0 amide bonds. The van der Waals surface area contributed by atoms with Gasteiger partial charge in [-0.05, 0) is 12.3 Å². The molecule has 0 saturated heterocycles. The van der Waals surface area contributed by atoms with Crippen molar-refractivity contribution in [2.75, 3.05) is 0 Å². The lowest BCUT2D eigenvalue weighted by Crippen LogP contribution is -2.06. The van der Waals surface area contributed by atoms with Crippen LogP contribution in [0, 0.1) is 5.92 Å². The highest BCUT2D eigenvalue weighted by atomic mass is 16.4. The van der Waals surface area contributed by atoms with Gasteiger partial charge in [-0.3, -0.25) is 4.79 Å². The van der Waals surface area contributed by atoms with Crippen molar-refractivity contribution < 1.29 is 9.90 Å². The summed E-state index contributed by atoms with van der Waals surface area (Å²) in [4.78, 5) is 10.5. The van der Waals surface area contributed by atoms with Crippen molar-refractivity contribution in [3.8, 4) is 0 Å². The Morgan fingerprint density at radius 1 is 1.14 bits per heavy atom. The summed E-state index contributed by atoms with van der Waals surface area (Å²) in [6.45, 7) is 4.29. The summed E-state index contributed by atoms with van der Waals surface area (Å²) in [5.41, 5.74) is 0. The van der Waals surface area contributed by atoms with E-state index >= 15 is 0 Å². The maximum atomic E-state index is 10.5. The largest absolute Gasteiger partial charge is 0.481 e. The van der Waals surface area contributed by atoms with Gasteiger partial charge in [0.1, 0.15) is 0 Å². The summed E-state index contributed by atoms with van der Waals surface area (Å²) in [6, 6.07) is 0. The van der Waals surface area contributed by atoms with E-state index in [0.717, 1.165) is 12.8 Å². The Morgan fingerprint density at radius 3 is 2.29 bits per heavy atom. The van der Waals surface area contributed by atoms with Crippen LogP contribution in [-0.2, 0) is 4.79 Å². The van der Waals surface area contributed by atoms with Crippen LogP contribution < -0.4 is 0 Å². The van der Waals surface area contributed by atoms with Crippen LogP contribution in [0.2, 0.25) is 0 Å². The highest BCUT2D eigenvalue weighted by molar-refractivity contribution is 5.66. The van der Waals surface area contributed by atoms with Gasteiger partial charge in [-0.2, -0.15) is 0 Å². The van der Waals surface area contributed by atoms with Crippen LogP contribution >= 0.6 is 0 Å². The van der Waals surface area contributed by atoms with E-state index in [9.17, 15) is 4.79 Å². The van der Waals surface area contributed by atoms with Crippen molar-refractivity contribution in [3.05, 3.63) is 0 Å². The number of hydrogen-bond acceptors (Lipinski definition) is 1. The number of hydrogen-bond donors (Lipinski definition) is 1. The van der Waals surface area contributed by atoms with Crippen LogP contribution in [0.25, 0.3) is 0 Å². The third kappa shape index (κ3) is 8.09. The van der Waals surface area contributed by atoms with E-state index in [-0.39, 0.29) is 0 Å². The zero-order valence-electron chi connectivity index (χ0n) is 9.59. The summed E-state index contributed by atoms with van der Waals surface area (Å²) in [7, 11) is 0. The minimum absolute atomic E-state index is 0.351. The smallest absolute Gasteiger partial charge is 0.303 e. The molecule has 0 aromatic heterocycles. The molecule has 0 aromatic rings. The third-order valence-corrected chi connectivity index (χ3v) is 2.76. The average molecular weight is 200 g/mol. The standard InChI is InChI=1S/C12H24O2/c1-3-5-6-7-8-9-11(4-2)10-12(13)14/h11H,3-10H2,1-2H3,(H,13,14). The minimum atomic E-state index is -0.648. The molecule has 0 saturated carbocycles. The molecule has 1 atom stereocenters. The SMILES string of the molecule is CCCCCCCC(CC)CC(=O)O. The molecule has 0 aromatic carbocycles. The van der Waals surface area contributed by atoms with Gasteiger partial charge in [0.15, 0.2) is 0 Å². The fourth-order valence-electron chi connectivity index (χ4n) is 1.73. The molecular formula is C12H24O2. The van der Waals surface area contributed by atoms with E-state index in [4.69, 9.17) is 5.11 Å². The van der Waals surface area contributed by atoms with E-state index in [1.165, 1.54) is 32.1 Å². The summed E-state index contributed by atoms with van der Waals surface area (Å²) in [6.07, 6.45) is 8.80. The molecule has 2 nitrogen and oxygen atoms in total. The molecule has 2 heteroatoms. The molecule has 1 N–H and O–H groups in total. The molecule has 0 fully saturated rings. The Bertz CT molecular complexity index is 143. The van der Waals surface area contributed by atoms with Crippen LogP contribution in [0.15, 0.2) is 0 Å².